The van der Waals surface area contributed by atoms with E-state index in [-0.39, 0.29) is 5.25 Å². The van der Waals surface area contributed by atoms with Crippen LogP contribution in [0.2, 0.25) is 0 Å². The molecule has 4 nitrogen and oxygen atoms in total. The minimum atomic E-state index is 0.210. The van der Waals surface area contributed by atoms with Gasteiger partial charge < -0.3 is 15.0 Å². The zero-order valence-electron chi connectivity index (χ0n) is 9.76. The maximum atomic E-state index is 12.1. The number of hydrogen-bond donors (Lipinski definition) is 1. The molecule has 0 aromatic carbocycles. The Morgan fingerprint density at radius 3 is 2.65 bits per heavy atom. The fourth-order valence-electron chi connectivity index (χ4n) is 2.26. The SMILES string of the molecule is O=C(C1CSCCS1)N1CC(NC2COC2)C1. The van der Waals surface area contributed by atoms with Crippen LogP contribution in [0, 0.1) is 0 Å². The van der Waals surface area contributed by atoms with E-state index < -0.39 is 0 Å². The first-order valence-corrected chi connectivity index (χ1v) is 8.35. The fourth-order valence-corrected chi connectivity index (χ4v) is 4.89. The van der Waals surface area contributed by atoms with Gasteiger partial charge in [0.1, 0.15) is 0 Å². The van der Waals surface area contributed by atoms with Gasteiger partial charge in [-0.2, -0.15) is 11.8 Å². The maximum Gasteiger partial charge on any atom is 0.236 e. The van der Waals surface area contributed by atoms with Crippen LogP contribution in [0.5, 0.6) is 0 Å². The molecule has 17 heavy (non-hydrogen) atoms. The quantitative estimate of drug-likeness (QED) is 0.787. The molecule has 6 heteroatoms. The van der Waals surface area contributed by atoms with Crippen molar-refractivity contribution < 1.29 is 9.53 Å². The Kier molecular flexibility index (Phi) is 3.84. The van der Waals surface area contributed by atoms with E-state index in [2.05, 4.69) is 5.32 Å². The summed E-state index contributed by atoms with van der Waals surface area (Å²) in [5.74, 6) is 3.66. The number of ether oxygens (including phenoxy) is 1. The van der Waals surface area contributed by atoms with E-state index in [4.69, 9.17) is 4.74 Å². The van der Waals surface area contributed by atoms with Crippen molar-refractivity contribution in [2.24, 2.45) is 0 Å². The molecule has 1 atom stereocenters. The molecule has 0 saturated carbocycles. The topological polar surface area (TPSA) is 41.6 Å². The van der Waals surface area contributed by atoms with Gasteiger partial charge in [-0.05, 0) is 0 Å². The van der Waals surface area contributed by atoms with Crippen LogP contribution in [0.4, 0.5) is 0 Å². The third-order valence-electron chi connectivity index (χ3n) is 3.39. The van der Waals surface area contributed by atoms with Crippen molar-refractivity contribution in [1.29, 1.82) is 0 Å². The van der Waals surface area contributed by atoms with Gasteiger partial charge in [0.15, 0.2) is 0 Å². The molecule has 3 fully saturated rings. The monoisotopic (exact) mass is 274 g/mol. The summed E-state index contributed by atoms with van der Waals surface area (Å²) in [6, 6.07) is 1.02. The third-order valence-corrected chi connectivity index (χ3v) is 6.14. The number of nitrogens with zero attached hydrogens (tertiary/aromatic N) is 1. The molecule has 0 bridgehead atoms. The Hall–Kier alpha value is 0.0900. The molecule has 3 rings (SSSR count). The minimum absolute atomic E-state index is 0.210. The average Bonchev–Trinajstić information content (AvgIpc) is 2.25. The average molecular weight is 274 g/mol. The first-order chi connectivity index (χ1) is 8.33. The normalized spacial score (nSPS) is 30.8. The summed E-state index contributed by atoms with van der Waals surface area (Å²) in [6.07, 6.45) is 0. The molecule has 1 unspecified atom stereocenters. The van der Waals surface area contributed by atoms with Gasteiger partial charge >= 0.3 is 0 Å². The molecule has 3 saturated heterocycles. The summed E-state index contributed by atoms with van der Waals surface area (Å²) >= 11 is 3.73. The zero-order valence-corrected chi connectivity index (χ0v) is 11.4. The summed E-state index contributed by atoms with van der Waals surface area (Å²) < 4.78 is 5.12. The van der Waals surface area contributed by atoms with Crippen LogP contribution in [0.25, 0.3) is 0 Å². The standard InChI is InChI=1S/C11H18N2O2S2/c14-11(10-7-16-1-2-17-10)13-3-8(4-13)12-9-5-15-6-9/h8-10,12H,1-7H2. The maximum absolute atomic E-state index is 12.1. The lowest BCUT2D eigenvalue weighted by atomic mass is 10.1. The number of carbonyl (C=O) groups excluding carboxylic acids is 1. The van der Waals surface area contributed by atoms with Crippen LogP contribution in [0.15, 0.2) is 0 Å². The highest BCUT2D eigenvalue weighted by molar-refractivity contribution is 8.07. The molecule has 0 radical (unpaired) electrons. The van der Waals surface area contributed by atoms with Crippen molar-refractivity contribution in [2.45, 2.75) is 17.3 Å². The van der Waals surface area contributed by atoms with E-state index in [0.717, 1.165) is 37.8 Å². The predicted octanol–water partition coefficient (Wildman–Crippen LogP) is 0.0342. The fraction of sp³-hybridized carbons (Fsp3) is 0.909. The molecule has 0 aromatic heterocycles. The number of carbonyl (C=O) groups is 1. The molecule has 0 aromatic rings. The van der Waals surface area contributed by atoms with Crippen LogP contribution in [0.1, 0.15) is 0 Å². The third kappa shape index (κ3) is 2.75. The van der Waals surface area contributed by atoms with E-state index in [1.807, 2.05) is 28.4 Å². The molecule has 1 amide bonds. The van der Waals surface area contributed by atoms with Crippen LogP contribution in [-0.4, -0.2) is 71.7 Å². The van der Waals surface area contributed by atoms with Gasteiger partial charge in [-0.25, -0.2) is 0 Å². The van der Waals surface area contributed by atoms with E-state index in [1.54, 1.807) is 0 Å². The Labute approximate surface area is 110 Å². The van der Waals surface area contributed by atoms with Crippen molar-refractivity contribution >= 4 is 29.4 Å². The van der Waals surface area contributed by atoms with E-state index in [0.29, 0.717) is 18.0 Å². The van der Waals surface area contributed by atoms with Gasteiger partial charge in [0.25, 0.3) is 0 Å². The number of thioether (sulfide) groups is 2. The number of nitrogens with one attached hydrogen (secondary N) is 1. The molecular weight excluding hydrogens is 256 g/mol. The predicted molar refractivity (Wildman–Crippen MR) is 71.7 cm³/mol. The second kappa shape index (κ2) is 5.38. The van der Waals surface area contributed by atoms with Gasteiger partial charge in [0.05, 0.1) is 24.5 Å². The van der Waals surface area contributed by atoms with Crippen LogP contribution < -0.4 is 5.32 Å². The summed E-state index contributed by atoms with van der Waals surface area (Å²) in [7, 11) is 0. The molecular formula is C11H18N2O2S2. The van der Waals surface area contributed by atoms with Gasteiger partial charge in [0.2, 0.25) is 5.91 Å². The molecule has 3 aliphatic rings. The van der Waals surface area contributed by atoms with Crippen molar-refractivity contribution in [3.05, 3.63) is 0 Å². The lowest BCUT2D eigenvalue weighted by Gasteiger charge is -2.44. The molecule has 1 N–H and O–H groups in total. The van der Waals surface area contributed by atoms with Crippen molar-refractivity contribution in [2.75, 3.05) is 43.6 Å². The van der Waals surface area contributed by atoms with E-state index >= 15 is 0 Å². The van der Waals surface area contributed by atoms with E-state index in [1.165, 1.54) is 5.75 Å². The Balaban J connectivity index is 1.39. The van der Waals surface area contributed by atoms with Crippen LogP contribution in [0.3, 0.4) is 0 Å². The first-order valence-electron chi connectivity index (χ1n) is 6.15. The summed E-state index contributed by atoms with van der Waals surface area (Å²) in [5, 5.41) is 3.72. The summed E-state index contributed by atoms with van der Waals surface area (Å²) in [6.45, 7) is 3.44. The number of amides is 1. The highest BCUT2D eigenvalue weighted by Gasteiger charge is 2.36. The lowest BCUT2D eigenvalue weighted by Crippen LogP contribution is -2.65. The number of likely N-dealkylation sites (tertiary alicyclic amines) is 1. The lowest BCUT2D eigenvalue weighted by molar-refractivity contribution is -0.135. The van der Waals surface area contributed by atoms with Gasteiger partial charge in [-0.3, -0.25) is 4.79 Å². The zero-order chi connectivity index (χ0) is 11.7. The second-order valence-electron chi connectivity index (χ2n) is 4.78. The second-order valence-corrected chi connectivity index (χ2v) is 7.24. The smallest absolute Gasteiger partial charge is 0.236 e. The van der Waals surface area contributed by atoms with Crippen molar-refractivity contribution in [3.8, 4) is 0 Å². The summed E-state index contributed by atoms with van der Waals surface area (Å²) in [5.41, 5.74) is 0. The minimum Gasteiger partial charge on any atom is -0.378 e. The van der Waals surface area contributed by atoms with Crippen molar-refractivity contribution in [1.82, 2.24) is 10.2 Å². The largest absolute Gasteiger partial charge is 0.378 e. The van der Waals surface area contributed by atoms with Crippen LogP contribution in [-0.2, 0) is 9.53 Å². The van der Waals surface area contributed by atoms with Gasteiger partial charge in [-0.1, -0.05) is 0 Å². The van der Waals surface area contributed by atoms with Crippen LogP contribution >= 0.6 is 23.5 Å². The van der Waals surface area contributed by atoms with Gasteiger partial charge in [-0.15, -0.1) is 11.8 Å². The highest BCUT2D eigenvalue weighted by Crippen LogP contribution is 2.27. The number of hydrogen-bond acceptors (Lipinski definition) is 5. The van der Waals surface area contributed by atoms with E-state index in [9.17, 15) is 4.79 Å². The van der Waals surface area contributed by atoms with Gasteiger partial charge in [0, 0.05) is 36.4 Å². The Bertz CT molecular complexity index is 287. The summed E-state index contributed by atoms with van der Waals surface area (Å²) in [4.78, 5) is 14.1. The van der Waals surface area contributed by atoms with Crippen molar-refractivity contribution in [3.63, 3.8) is 0 Å². The highest BCUT2D eigenvalue weighted by atomic mass is 32.2. The molecule has 96 valence electrons. The molecule has 0 aliphatic carbocycles. The molecule has 3 heterocycles. The first kappa shape index (κ1) is 12.1. The Morgan fingerprint density at radius 2 is 2.06 bits per heavy atom. The molecule has 3 aliphatic heterocycles. The number of rotatable bonds is 3. The Morgan fingerprint density at radius 1 is 1.24 bits per heavy atom. The molecule has 0 spiro atoms.